The standard InChI is InChI=1S/C11H12BrN3O/c1-15-9(5-6-14-15)11(16)7-3-2-4-8(12)10(7)13/h2-6,11,16H,13H2,1H3. The lowest BCUT2D eigenvalue weighted by Gasteiger charge is -2.14. The third-order valence-electron chi connectivity index (χ3n) is 2.52. The molecule has 84 valence electrons. The molecule has 0 amide bonds. The SMILES string of the molecule is Cn1nccc1C(O)c1cccc(Br)c1N. The molecule has 5 heteroatoms. The van der Waals surface area contributed by atoms with E-state index in [2.05, 4.69) is 21.0 Å². The van der Waals surface area contributed by atoms with Crippen molar-refractivity contribution >= 4 is 21.6 Å². The van der Waals surface area contributed by atoms with Crippen molar-refractivity contribution in [1.29, 1.82) is 0 Å². The van der Waals surface area contributed by atoms with Crippen molar-refractivity contribution in [2.75, 3.05) is 5.73 Å². The van der Waals surface area contributed by atoms with Gasteiger partial charge in [0.05, 0.1) is 11.4 Å². The zero-order chi connectivity index (χ0) is 11.7. The highest BCUT2D eigenvalue weighted by atomic mass is 79.9. The number of aryl methyl sites for hydroxylation is 1. The summed E-state index contributed by atoms with van der Waals surface area (Å²) < 4.78 is 2.41. The molecule has 0 saturated heterocycles. The molecule has 0 saturated carbocycles. The Morgan fingerprint density at radius 1 is 1.44 bits per heavy atom. The summed E-state index contributed by atoms with van der Waals surface area (Å²) in [6.45, 7) is 0. The number of nitrogens with zero attached hydrogens (tertiary/aromatic N) is 2. The number of aliphatic hydroxyl groups is 1. The van der Waals surface area contributed by atoms with E-state index < -0.39 is 6.10 Å². The average Bonchev–Trinajstić information content (AvgIpc) is 2.68. The van der Waals surface area contributed by atoms with Crippen LogP contribution in [0, 0.1) is 0 Å². The first-order valence-electron chi connectivity index (χ1n) is 4.81. The fourth-order valence-corrected chi connectivity index (χ4v) is 1.99. The molecule has 0 spiro atoms. The van der Waals surface area contributed by atoms with Gasteiger partial charge in [-0.25, -0.2) is 0 Å². The summed E-state index contributed by atoms with van der Waals surface area (Å²) in [5.41, 5.74) is 7.85. The van der Waals surface area contributed by atoms with E-state index in [0.717, 1.165) is 4.47 Å². The molecule has 0 radical (unpaired) electrons. The molecule has 1 unspecified atom stereocenters. The van der Waals surface area contributed by atoms with Crippen molar-refractivity contribution in [3.63, 3.8) is 0 Å². The number of nitrogen functional groups attached to an aromatic ring is 1. The summed E-state index contributed by atoms with van der Waals surface area (Å²) >= 11 is 3.34. The van der Waals surface area contributed by atoms with Crippen LogP contribution in [0.3, 0.4) is 0 Å². The van der Waals surface area contributed by atoms with Gasteiger partial charge >= 0.3 is 0 Å². The van der Waals surface area contributed by atoms with Gasteiger partial charge in [0, 0.05) is 23.3 Å². The van der Waals surface area contributed by atoms with Gasteiger partial charge in [-0.15, -0.1) is 0 Å². The fraction of sp³-hybridized carbons (Fsp3) is 0.182. The molecular weight excluding hydrogens is 270 g/mol. The Hall–Kier alpha value is -1.33. The maximum atomic E-state index is 10.2. The molecule has 0 fully saturated rings. The second-order valence-electron chi connectivity index (χ2n) is 3.52. The minimum atomic E-state index is -0.759. The van der Waals surface area contributed by atoms with Gasteiger partial charge in [0.2, 0.25) is 0 Å². The second kappa shape index (κ2) is 4.27. The van der Waals surface area contributed by atoms with E-state index in [1.54, 1.807) is 30.1 Å². The number of nitrogens with two attached hydrogens (primary N) is 1. The number of benzene rings is 1. The van der Waals surface area contributed by atoms with Crippen molar-refractivity contribution < 1.29 is 5.11 Å². The van der Waals surface area contributed by atoms with E-state index in [1.165, 1.54) is 0 Å². The third-order valence-corrected chi connectivity index (χ3v) is 3.21. The molecule has 0 aliphatic heterocycles. The van der Waals surface area contributed by atoms with E-state index in [0.29, 0.717) is 16.9 Å². The zero-order valence-corrected chi connectivity index (χ0v) is 10.3. The van der Waals surface area contributed by atoms with Crippen molar-refractivity contribution in [2.45, 2.75) is 6.10 Å². The number of hydrogen-bond acceptors (Lipinski definition) is 3. The summed E-state index contributed by atoms with van der Waals surface area (Å²) in [6.07, 6.45) is 0.886. The van der Waals surface area contributed by atoms with Crippen molar-refractivity contribution in [2.24, 2.45) is 7.05 Å². The van der Waals surface area contributed by atoms with Crippen LogP contribution in [-0.4, -0.2) is 14.9 Å². The highest BCUT2D eigenvalue weighted by Crippen LogP contribution is 2.30. The minimum Gasteiger partial charge on any atom is -0.398 e. The van der Waals surface area contributed by atoms with E-state index >= 15 is 0 Å². The molecule has 0 aliphatic rings. The number of rotatable bonds is 2. The number of aromatic nitrogens is 2. The molecule has 1 heterocycles. The first-order chi connectivity index (χ1) is 7.61. The summed E-state index contributed by atoms with van der Waals surface area (Å²) in [6, 6.07) is 7.26. The number of anilines is 1. The highest BCUT2D eigenvalue weighted by Gasteiger charge is 2.17. The number of para-hydroxylation sites is 1. The molecule has 2 aromatic rings. The second-order valence-corrected chi connectivity index (χ2v) is 4.38. The van der Waals surface area contributed by atoms with Crippen molar-refractivity contribution in [3.8, 4) is 0 Å². The lowest BCUT2D eigenvalue weighted by molar-refractivity contribution is 0.210. The van der Waals surface area contributed by atoms with E-state index in [9.17, 15) is 5.11 Å². The van der Waals surface area contributed by atoms with Gasteiger partial charge < -0.3 is 10.8 Å². The van der Waals surface area contributed by atoms with Crippen LogP contribution < -0.4 is 5.73 Å². The lowest BCUT2D eigenvalue weighted by atomic mass is 10.0. The van der Waals surface area contributed by atoms with Crippen molar-refractivity contribution in [1.82, 2.24) is 9.78 Å². The molecule has 1 atom stereocenters. The van der Waals surface area contributed by atoms with Crippen LogP contribution in [0.4, 0.5) is 5.69 Å². The molecule has 1 aromatic heterocycles. The Kier molecular flexibility index (Phi) is 2.98. The van der Waals surface area contributed by atoms with E-state index in [4.69, 9.17) is 5.73 Å². The third kappa shape index (κ3) is 1.83. The van der Waals surface area contributed by atoms with Crippen LogP contribution in [-0.2, 0) is 7.05 Å². The molecule has 2 rings (SSSR count). The van der Waals surface area contributed by atoms with Crippen LogP contribution >= 0.6 is 15.9 Å². The summed E-state index contributed by atoms with van der Waals surface area (Å²) in [7, 11) is 1.78. The molecule has 0 bridgehead atoms. The topological polar surface area (TPSA) is 64.1 Å². The first kappa shape index (κ1) is 11.2. The molecule has 3 N–H and O–H groups in total. The summed E-state index contributed by atoms with van der Waals surface area (Å²) in [5, 5.41) is 14.2. The van der Waals surface area contributed by atoms with E-state index in [1.807, 2.05) is 12.1 Å². The van der Waals surface area contributed by atoms with Crippen LogP contribution in [0.1, 0.15) is 17.4 Å². The van der Waals surface area contributed by atoms with Crippen LogP contribution in [0.25, 0.3) is 0 Å². The zero-order valence-electron chi connectivity index (χ0n) is 8.76. The Morgan fingerprint density at radius 2 is 2.19 bits per heavy atom. The van der Waals surface area contributed by atoms with Gasteiger partial charge in [0.25, 0.3) is 0 Å². The Labute approximate surface area is 102 Å². The van der Waals surface area contributed by atoms with Gasteiger partial charge in [-0.05, 0) is 28.1 Å². The van der Waals surface area contributed by atoms with E-state index in [-0.39, 0.29) is 0 Å². The Balaban J connectivity index is 2.46. The maximum absolute atomic E-state index is 10.2. The highest BCUT2D eigenvalue weighted by molar-refractivity contribution is 9.10. The first-order valence-corrected chi connectivity index (χ1v) is 5.60. The lowest BCUT2D eigenvalue weighted by Crippen LogP contribution is -2.09. The molecule has 4 nitrogen and oxygen atoms in total. The Bertz CT molecular complexity index is 510. The van der Waals surface area contributed by atoms with Crippen LogP contribution in [0.5, 0.6) is 0 Å². The molecule has 1 aromatic carbocycles. The monoisotopic (exact) mass is 281 g/mol. The van der Waals surface area contributed by atoms with Crippen molar-refractivity contribution in [3.05, 3.63) is 46.2 Å². The maximum Gasteiger partial charge on any atom is 0.123 e. The van der Waals surface area contributed by atoms with Gasteiger partial charge in [-0.1, -0.05) is 12.1 Å². The predicted octanol–water partition coefficient (Wildman–Crippen LogP) is 1.85. The largest absolute Gasteiger partial charge is 0.398 e. The van der Waals surface area contributed by atoms with Crippen LogP contribution in [0.15, 0.2) is 34.9 Å². The van der Waals surface area contributed by atoms with Gasteiger partial charge in [-0.3, -0.25) is 4.68 Å². The molecule has 16 heavy (non-hydrogen) atoms. The summed E-state index contributed by atoms with van der Waals surface area (Å²) in [4.78, 5) is 0. The predicted molar refractivity (Wildman–Crippen MR) is 65.8 cm³/mol. The molecule has 0 aliphatic carbocycles. The molecular formula is C11H12BrN3O. The smallest absolute Gasteiger partial charge is 0.123 e. The summed E-state index contributed by atoms with van der Waals surface area (Å²) in [5.74, 6) is 0. The minimum absolute atomic E-state index is 0.552. The number of hydrogen-bond donors (Lipinski definition) is 2. The number of aliphatic hydroxyl groups excluding tert-OH is 1. The van der Waals surface area contributed by atoms with Crippen LogP contribution in [0.2, 0.25) is 0 Å². The Morgan fingerprint density at radius 3 is 2.81 bits per heavy atom. The normalized spacial score (nSPS) is 12.7. The van der Waals surface area contributed by atoms with Gasteiger partial charge in [0.15, 0.2) is 0 Å². The van der Waals surface area contributed by atoms with Gasteiger partial charge in [-0.2, -0.15) is 5.10 Å². The quantitative estimate of drug-likeness (QED) is 0.826. The average molecular weight is 282 g/mol. The fourth-order valence-electron chi connectivity index (χ4n) is 1.60. The number of halogens is 1. The van der Waals surface area contributed by atoms with Gasteiger partial charge in [0.1, 0.15) is 6.10 Å².